The van der Waals surface area contributed by atoms with E-state index in [4.69, 9.17) is 14.5 Å². The minimum absolute atomic E-state index is 0.745. The highest BCUT2D eigenvalue weighted by atomic mass is 16.7. The number of nitrogens with zero attached hydrogens (tertiary/aromatic N) is 3. The molecule has 1 atom stereocenters. The summed E-state index contributed by atoms with van der Waals surface area (Å²) >= 11 is 0. The van der Waals surface area contributed by atoms with Gasteiger partial charge >= 0.3 is 5.91 Å². The molecule has 0 N–H and O–H groups in total. The molecule has 130 valence electrons. The van der Waals surface area contributed by atoms with Crippen molar-refractivity contribution in [2.45, 2.75) is 26.7 Å². The van der Waals surface area contributed by atoms with Crippen LogP contribution < -0.4 is 19.3 Å². The molecule has 0 aliphatic carbocycles. The molecule has 0 aromatic heterocycles. The number of anilines is 2. The maximum Gasteiger partial charge on any atom is 0.381 e. The van der Waals surface area contributed by atoms with E-state index in [-0.39, 0.29) is 0 Å². The van der Waals surface area contributed by atoms with Crippen molar-refractivity contribution in [3.05, 3.63) is 42.5 Å². The van der Waals surface area contributed by atoms with Crippen molar-refractivity contribution in [2.75, 3.05) is 29.9 Å². The Bertz CT molecular complexity index is 845. The fraction of sp³-hybridized carbons (Fsp3) is 0.350. The fourth-order valence-electron chi connectivity index (χ4n) is 3.54. The zero-order valence-electron chi connectivity index (χ0n) is 15.1. The summed E-state index contributed by atoms with van der Waals surface area (Å²) in [5.41, 5.74) is 3.76. The molecule has 0 amide bonds. The summed E-state index contributed by atoms with van der Waals surface area (Å²) in [5, 5.41) is 0. The summed E-state index contributed by atoms with van der Waals surface area (Å²) in [7, 11) is 1.98. The average Bonchev–Trinajstić information content (AvgIpc) is 2.90. The quantitative estimate of drug-likeness (QED) is 0.841. The largest absolute Gasteiger partial charge is 0.428 e. The highest BCUT2D eigenvalue weighted by Gasteiger charge is 2.51. The molecule has 5 nitrogen and oxygen atoms in total. The third-order valence-electron chi connectivity index (χ3n) is 4.98. The Morgan fingerprint density at radius 3 is 2.48 bits per heavy atom. The SMILES string of the molecule is CCN(CC)c1ccc2c(c1)OC1(Oc3ccccc3N1C)C(C)=N2. The Balaban J connectivity index is 1.76. The first kappa shape index (κ1) is 15.8. The van der Waals surface area contributed by atoms with Crippen LogP contribution in [0.1, 0.15) is 20.8 Å². The van der Waals surface area contributed by atoms with Gasteiger partial charge in [0.15, 0.2) is 5.75 Å². The van der Waals surface area contributed by atoms with Gasteiger partial charge in [-0.15, -0.1) is 0 Å². The summed E-state index contributed by atoms with van der Waals surface area (Å²) in [6.07, 6.45) is 0. The molecule has 4 rings (SSSR count). The van der Waals surface area contributed by atoms with Gasteiger partial charge in [-0.2, -0.15) is 0 Å². The van der Waals surface area contributed by atoms with E-state index < -0.39 is 5.91 Å². The van der Waals surface area contributed by atoms with E-state index in [0.717, 1.165) is 47.4 Å². The zero-order valence-corrected chi connectivity index (χ0v) is 15.1. The number of para-hydroxylation sites is 2. The van der Waals surface area contributed by atoms with Crippen LogP contribution in [0.15, 0.2) is 47.5 Å². The molecular weight excluding hydrogens is 314 g/mol. The average molecular weight is 337 g/mol. The van der Waals surface area contributed by atoms with Crippen molar-refractivity contribution in [1.29, 1.82) is 0 Å². The smallest absolute Gasteiger partial charge is 0.381 e. The van der Waals surface area contributed by atoms with Crippen LogP contribution in [0.3, 0.4) is 0 Å². The van der Waals surface area contributed by atoms with Crippen LogP contribution in [0.2, 0.25) is 0 Å². The lowest BCUT2D eigenvalue weighted by atomic mass is 10.1. The molecule has 2 aromatic rings. The van der Waals surface area contributed by atoms with Crippen molar-refractivity contribution in [1.82, 2.24) is 0 Å². The normalized spacial score (nSPS) is 20.5. The first-order chi connectivity index (χ1) is 12.1. The van der Waals surface area contributed by atoms with E-state index in [2.05, 4.69) is 30.9 Å². The lowest BCUT2D eigenvalue weighted by Crippen LogP contribution is -2.59. The Kier molecular flexibility index (Phi) is 3.60. The van der Waals surface area contributed by atoms with E-state index in [0.29, 0.717) is 0 Å². The fourth-order valence-corrected chi connectivity index (χ4v) is 3.54. The van der Waals surface area contributed by atoms with Gasteiger partial charge < -0.3 is 14.4 Å². The molecule has 2 aromatic carbocycles. The van der Waals surface area contributed by atoms with Gasteiger partial charge in [0, 0.05) is 31.9 Å². The molecule has 1 spiro atoms. The van der Waals surface area contributed by atoms with Gasteiger partial charge in [-0.05, 0) is 45.0 Å². The highest BCUT2D eigenvalue weighted by Crippen LogP contribution is 2.47. The Morgan fingerprint density at radius 1 is 1.04 bits per heavy atom. The molecule has 2 aliphatic heterocycles. The number of ether oxygens (including phenoxy) is 2. The number of fused-ring (bicyclic) bond motifs is 2. The molecule has 0 saturated heterocycles. The maximum atomic E-state index is 6.41. The van der Waals surface area contributed by atoms with Gasteiger partial charge in [0.1, 0.15) is 17.1 Å². The minimum Gasteiger partial charge on any atom is -0.428 e. The second-order valence-corrected chi connectivity index (χ2v) is 6.33. The molecule has 0 radical (unpaired) electrons. The van der Waals surface area contributed by atoms with Crippen molar-refractivity contribution in [2.24, 2.45) is 4.99 Å². The van der Waals surface area contributed by atoms with Crippen LogP contribution in [0.5, 0.6) is 11.5 Å². The lowest BCUT2D eigenvalue weighted by Gasteiger charge is -2.38. The van der Waals surface area contributed by atoms with Crippen LogP contribution in [0.4, 0.5) is 17.1 Å². The summed E-state index contributed by atoms with van der Waals surface area (Å²) in [4.78, 5) is 9.07. The summed E-state index contributed by atoms with van der Waals surface area (Å²) < 4.78 is 12.6. The van der Waals surface area contributed by atoms with Crippen LogP contribution in [0, 0.1) is 0 Å². The first-order valence-electron chi connectivity index (χ1n) is 8.74. The van der Waals surface area contributed by atoms with Gasteiger partial charge in [0.2, 0.25) is 0 Å². The second-order valence-electron chi connectivity index (χ2n) is 6.33. The van der Waals surface area contributed by atoms with E-state index >= 15 is 0 Å². The van der Waals surface area contributed by atoms with Crippen LogP contribution in [-0.4, -0.2) is 31.8 Å². The molecule has 2 aliphatic rings. The number of hydrogen-bond acceptors (Lipinski definition) is 5. The van der Waals surface area contributed by atoms with E-state index in [1.54, 1.807) is 0 Å². The lowest BCUT2D eigenvalue weighted by molar-refractivity contribution is -0.0370. The first-order valence-corrected chi connectivity index (χ1v) is 8.74. The van der Waals surface area contributed by atoms with Gasteiger partial charge in [0.25, 0.3) is 0 Å². The number of aliphatic imine (C=N–C) groups is 1. The maximum absolute atomic E-state index is 6.41. The Labute approximate surface area is 148 Å². The second kappa shape index (κ2) is 5.69. The van der Waals surface area contributed by atoms with Crippen molar-refractivity contribution < 1.29 is 9.47 Å². The summed E-state index contributed by atoms with van der Waals surface area (Å²) in [5.74, 6) is 0.538. The topological polar surface area (TPSA) is 37.3 Å². The monoisotopic (exact) mass is 337 g/mol. The third-order valence-corrected chi connectivity index (χ3v) is 4.98. The van der Waals surface area contributed by atoms with Crippen LogP contribution >= 0.6 is 0 Å². The molecule has 0 saturated carbocycles. The summed E-state index contributed by atoms with van der Waals surface area (Å²) in [6.45, 7) is 8.15. The molecule has 1 unspecified atom stereocenters. The number of hydrogen-bond donors (Lipinski definition) is 0. The van der Waals surface area contributed by atoms with E-state index in [1.807, 2.05) is 49.2 Å². The zero-order chi connectivity index (χ0) is 17.6. The van der Waals surface area contributed by atoms with Crippen LogP contribution in [0.25, 0.3) is 0 Å². The van der Waals surface area contributed by atoms with Crippen molar-refractivity contribution >= 4 is 22.8 Å². The predicted octanol–water partition coefficient (Wildman–Crippen LogP) is 4.20. The van der Waals surface area contributed by atoms with Gasteiger partial charge in [-0.25, -0.2) is 4.99 Å². The molecule has 0 bridgehead atoms. The molecule has 0 fully saturated rings. The van der Waals surface area contributed by atoms with E-state index in [1.165, 1.54) is 0 Å². The minimum atomic E-state index is -1.02. The standard InChI is InChI=1S/C20H23N3O2/c1-5-23(6-2)15-11-12-16-19(13-15)25-20(14(3)21-16)22(4)17-9-7-8-10-18(17)24-20/h7-13H,5-6H2,1-4H3. The summed E-state index contributed by atoms with van der Waals surface area (Å²) in [6, 6.07) is 14.1. The van der Waals surface area contributed by atoms with Gasteiger partial charge in [0.05, 0.1) is 5.69 Å². The molecule has 25 heavy (non-hydrogen) atoms. The van der Waals surface area contributed by atoms with E-state index in [9.17, 15) is 0 Å². The van der Waals surface area contributed by atoms with Crippen molar-refractivity contribution in [3.8, 4) is 11.5 Å². The number of benzene rings is 2. The van der Waals surface area contributed by atoms with Crippen LogP contribution in [-0.2, 0) is 0 Å². The Morgan fingerprint density at radius 2 is 1.76 bits per heavy atom. The predicted molar refractivity (Wildman–Crippen MR) is 102 cm³/mol. The molecule has 2 heterocycles. The molecular formula is C20H23N3O2. The number of rotatable bonds is 3. The van der Waals surface area contributed by atoms with Crippen molar-refractivity contribution in [3.63, 3.8) is 0 Å². The highest BCUT2D eigenvalue weighted by molar-refractivity contribution is 5.98. The third kappa shape index (κ3) is 2.26. The van der Waals surface area contributed by atoms with Gasteiger partial charge in [-0.1, -0.05) is 12.1 Å². The van der Waals surface area contributed by atoms with Gasteiger partial charge in [-0.3, -0.25) is 4.90 Å². The Hall–Kier alpha value is -2.69. The molecule has 5 heteroatoms.